The van der Waals surface area contributed by atoms with E-state index in [1.54, 1.807) is 0 Å². The van der Waals surface area contributed by atoms with Gasteiger partial charge >= 0.3 is 0 Å². The fraction of sp³-hybridized carbons (Fsp3) is 0.250. The van der Waals surface area contributed by atoms with Crippen LogP contribution in [0.25, 0.3) is 0 Å². The summed E-state index contributed by atoms with van der Waals surface area (Å²) < 4.78 is 0. The van der Waals surface area contributed by atoms with Crippen molar-refractivity contribution in [2.45, 2.75) is 40.0 Å². The standard InChI is InChI=1S/C24H26/c1-4-23-15-19(3)7-14-24(23)17-22-12-10-21(11-13-22)16-20-8-5-18(2)6-9-20/h5-15H,4,16-17H2,1-3H3. The van der Waals surface area contributed by atoms with E-state index in [4.69, 9.17) is 0 Å². The number of hydrogen-bond acceptors (Lipinski definition) is 0. The van der Waals surface area contributed by atoms with E-state index in [9.17, 15) is 0 Å². The second-order valence-corrected chi connectivity index (χ2v) is 6.78. The normalized spacial score (nSPS) is 10.8. The van der Waals surface area contributed by atoms with E-state index in [1.165, 1.54) is 38.9 Å². The van der Waals surface area contributed by atoms with E-state index < -0.39 is 0 Å². The van der Waals surface area contributed by atoms with Gasteiger partial charge in [0.05, 0.1) is 0 Å². The Morgan fingerprint density at radius 2 is 1.04 bits per heavy atom. The molecular weight excluding hydrogens is 288 g/mol. The Morgan fingerprint density at radius 1 is 0.542 bits per heavy atom. The molecule has 0 atom stereocenters. The lowest BCUT2D eigenvalue weighted by Gasteiger charge is -2.10. The van der Waals surface area contributed by atoms with Crippen molar-refractivity contribution in [2.75, 3.05) is 0 Å². The van der Waals surface area contributed by atoms with Crippen molar-refractivity contribution in [3.8, 4) is 0 Å². The molecule has 0 saturated carbocycles. The first-order valence-electron chi connectivity index (χ1n) is 8.86. The van der Waals surface area contributed by atoms with Crippen molar-refractivity contribution in [3.05, 3.63) is 106 Å². The van der Waals surface area contributed by atoms with Gasteiger partial charge in [0.2, 0.25) is 0 Å². The van der Waals surface area contributed by atoms with Gasteiger partial charge in [-0.05, 0) is 60.9 Å². The average Bonchev–Trinajstić information content (AvgIpc) is 2.60. The third-order valence-corrected chi connectivity index (χ3v) is 4.69. The molecule has 0 unspecified atom stereocenters. The Morgan fingerprint density at radius 3 is 1.62 bits per heavy atom. The van der Waals surface area contributed by atoms with Gasteiger partial charge in [0, 0.05) is 0 Å². The molecule has 3 rings (SSSR count). The summed E-state index contributed by atoms with van der Waals surface area (Å²) in [5.74, 6) is 0. The number of rotatable bonds is 5. The Bertz CT molecular complexity index is 792. The third kappa shape index (κ3) is 4.14. The Balaban J connectivity index is 1.71. The van der Waals surface area contributed by atoms with Crippen LogP contribution in [0.3, 0.4) is 0 Å². The SMILES string of the molecule is CCc1cc(C)ccc1Cc1ccc(Cc2ccc(C)cc2)cc1. The predicted molar refractivity (Wildman–Crippen MR) is 104 cm³/mol. The lowest BCUT2D eigenvalue weighted by molar-refractivity contribution is 1.05. The minimum absolute atomic E-state index is 1.01. The fourth-order valence-electron chi connectivity index (χ4n) is 3.19. The molecule has 122 valence electrons. The lowest BCUT2D eigenvalue weighted by Crippen LogP contribution is -1.96. The molecule has 0 amide bonds. The van der Waals surface area contributed by atoms with Crippen molar-refractivity contribution in [1.29, 1.82) is 0 Å². The van der Waals surface area contributed by atoms with Gasteiger partial charge < -0.3 is 0 Å². The van der Waals surface area contributed by atoms with Crippen molar-refractivity contribution in [2.24, 2.45) is 0 Å². The number of benzene rings is 3. The van der Waals surface area contributed by atoms with Crippen LogP contribution in [-0.4, -0.2) is 0 Å². The van der Waals surface area contributed by atoms with Crippen LogP contribution in [-0.2, 0) is 19.3 Å². The summed E-state index contributed by atoms with van der Waals surface area (Å²) in [6.45, 7) is 6.54. The predicted octanol–water partition coefficient (Wildman–Crippen LogP) is 6.05. The molecule has 0 heterocycles. The molecule has 0 heteroatoms. The molecule has 0 spiro atoms. The highest BCUT2D eigenvalue weighted by Gasteiger charge is 2.04. The van der Waals surface area contributed by atoms with Gasteiger partial charge in [-0.25, -0.2) is 0 Å². The highest BCUT2D eigenvalue weighted by molar-refractivity contribution is 5.37. The zero-order valence-corrected chi connectivity index (χ0v) is 15.0. The highest BCUT2D eigenvalue weighted by atomic mass is 14.1. The Hall–Kier alpha value is -2.34. The quantitative estimate of drug-likeness (QED) is 0.538. The molecule has 3 aromatic rings. The van der Waals surface area contributed by atoms with Crippen LogP contribution in [0.5, 0.6) is 0 Å². The fourth-order valence-corrected chi connectivity index (χ4v) is 3.19. The summed E-state index contributed by atoms with van der Waals surface area (Å²) in [5, 5.41) is 0. The largest absolute Gasteiger partial charge is 0.0613 e. The number of aryl methyl sites for hydroxylation is 3. The van der Waals surface area contributed by atoms with Crippen LogP contribution < -0.4 is 0 Å². The molecule has 0 saturated heterocycles. The van der Waals surface area contributed by atoms with E-state index >= 15 is 0 Å². The summed E-state index contributed by atoms with van der Waals surface area (Å²) in [5.41, 5.74) is 9.74. The molecule has 0 aliphatic heterocycles. The summed E-state index contributed by atoms with van der Waals surface area (Å²) >= 11 is 0. The zero-order chi connectivity index (χ0) is 16.9. The second-order valence-electron chi connectivity index (χ2n) is 6.78. The first-order chi connectivity index (χ1) is 11.6. The van der Waals surface area contributed by atoms with Gasteiger partial charge in [0.15, 0.2) is 0 Å². The van der Waals surface area contributed by atoms with E-state index in [1.807, 2.05) is 0 Å². The van der Waals surface area contributed by atoms with Crippen molar-refractivity contribution >= 4 is 0 Å². The molecule has 0 fully saturated rings. The van der Waals surface area contributed by atoms with Crippen LogP contribution in [0.15, 0.2) is 66.7 Å². The van der Waals surface area contributed by atoms with Gasteiger partial charge in [-0.3, -0.25) is 0 Å². The molecule has 0 nitrogen and oxygen atoms in total. The van der Waals surface area contributed by atoms with E-state index in [0.717, 1.165) is 19.3 Å². The van der Waals surface area contributed by atoms with Crippen LogP contribution >= 0.6 is 0 Å². The Kier molecular flexibility index (Phi) is 5.15. The summed E-state index contributed by atoms with van der Waals surface area (Å²) in [4.78, 5) is 0. The Labute approximate surface area is 146 Å². The molecule has 0 bridgehead atoms. The molecule has 0 radical (unpaired) electrons. The average molecular weight is 314 g/mol. The zero-order valence-electron chi connectivity index (χ0n) is 15.0. The lowest BCUT2D eigenvalue weighted by atomic mass is 9.95. The summed E-state index contributed by atoms with van der Waals surface area (Å²) in [6, 6.07) is 24.8. The molecule has 0 aromatic heterocycles. The molecule has 0 N–H and O–H groups in total. The van der Waals surface area contributed by atoms with Gasteiger partial charge in [0.1, 0.15) is 0 Å². The molecule has 24 heavy (non-hydrogen) atoms. The topological polar surface area (TPSA) is 0 Å². The minimum Gasteiger partial charge on any atom is -0.0613 e. The smallest absolute Gasteiger partial charge is 0.00230 e. The van der Waals surface area contributed by atoms with Crippen LogP contribution in [0.2, 0.25) is 0 Å². The van der Waals surface area contributed by atoms with Gasteiger partial charge in [-0.15, -0.1) is 0 Å². The van der Waals surface area contributed by atoms with Crippen LogP contribution in [0.1, 0.15) is 45.9 Å². The van der Waals surface area contributed by atoms with Gasteiger partial charge in [-0.2, -0.15) is 0 Å². The third-order valence-electron chi connectivity index (χ3n) is 4.69. The van der Waals surface area contributed by atoms with Crippen molar-refractivity contribution in [1.82, 2.24) is 0 Å². The van der Waals surface area contributed by atoms with E-state index in [-0.39, 0.29) is 0 Å². The number of hydrogen-bond donors (Lipinski definition) is 0. The maximum absolute atomic E-state index is 2.32. The maximum Gasteiger partial charge on any atom is -0.00230 e. The van der Waals surface area contributed by atoms with Gasteiger partial charge in [0.25, 0.3) is 0 Å². The van der Waals surface area contributed by atoms with Crippen molar-refractivity contribution < 1.29 is 0 Å². The molecule has 0 aliphatic carbocycles. The van der Waals surface area contributed by atoms with Crippen LogP contribution in [0.4, 0.5) is 0 Å². The van der Waals surface area contributed by atoms with E-state index in [2.05, 4.69) is 87.5 Å². The second kappa shape index (κ2) is 7.49. The molecule has 3 aromatic carbocycles. The maximum atomic E-state index is 2.32. The van der Waals surface area contributed by atoms with E-state index in [0.29, 0.717) is 0 Å². The van der Waals surface area contributed by atoms with Crippen LogP contribution in [0, 0.1) is 13.8 Å². The minimum atomic E-state index is 1.01. The highest BCUT2D eigenvalue weighted by Crippen LogP contribution is 2.18. The van der Waals surface area contributed by atoms with Gasteiger partial charge in [-0.1, -0.05) is 84.8 Å². The monoisotopic (exact) mass is 314 g/mol. The molecular formula is C24H26. The van der Waals surface area contributed by atoms with Crippen molar-refractivity contribution in [3.63, 3.8) is 0 Å². The first-order valence-corrected chi connectivity index (χ1v) is 8.86. The first kappa shape index (κ1) is 16.5. The molecule has 0 aliphatic rings. The summed E-state index contributed by atoms with van der Waals surface area (Å²) in [7, 11) is 0. The summed E-state index contributed by atoms with van der Waals surface area (Å²) in [6.07, 6.45) is 3.13.